The molecule has 2 N–H and O–H groups in total. The van der Waals surface area contributed by atoms with Gasteiger partial charge in [0.05, 0.1) is 0 Å². The predicted octanol–water partition coefficient (Wildman–Crippen LogP) is 4.25. The van der Waals surface area contributed by atoms with Gasteiger partial charge in [-0.25, -0.2) is 4.98 Å². The molecule has 0 saturated carbocycles. The van der Waals surface area contributed by atoms with Crippen molar-refractivity contribution in [3.63, 3.8) is 0 Å². The van der Waals surface area contributed by atoms with Gasteiger partial charge in [0.1, 0.15) is 5.82 Å². The number of benzene rings is 1. The Kier molecular flexibility index (Phi) is 4.15. The predicted molar refractivity (Wildman–Crippen MR) is 83.4 cm³/mol. The summed E-state index contributed by atoms with van der Waals surface area (Å²) in [6.07, 6.45) is 1.84. The SMILES string of the molecule is CC(C)(C)c1ccc(SCc2ccc(N)nc2)cc1. The summed E-state index contributed by atoms with van der Waals surface area (Å²) < 4.78 is 0. The van der Waals surface area contributed by atoms with Crippen LogP contribution in [0.25, 0.3) is 0 Å². The van der Waals surface area contributed by atoms with Gasteiger partial charge in [0.15, 0.2) is 0 Å². The van der Waals surface area contributed by atoms with Gasteiger partial charge in [-0.05, 0) is 34.7 Å². The summed E-state index contributed by atoms with van der Waals surface area (Å²) in [6, 6.07) is 12.7. The minimum absolute atomic E-state index is 0.212. The first kappa shape index (κ1) is 13.9. The average molecular weight is 272 g/mol. The maximum atomic E-state index is 5.57. The number of anilines is 1. The van der Waals surface area contributed by atoms with Crippen LogP contribution in [0.5, 0.6) is 0 Å². The summed E-state index contributed by atoms with van der Waals surface area (Å²) in [6.45, 7) is 6.69. The maximum absolute atomic E-state index is 5.57. The lowest BCUT2D eigenvalue weighted by molar-refractivity contribution is 0.590. The highest BCUT2D eigenvalue weighted by molar-refractivity contribution is 7.98. The number of hydrogen-bond acceptors (Lipinski definition) is 3. The van der Waals surface area contributed by atoms with Crippen molar-refractivity contribution in [2.24, 2.45) is 0 Å². The quantitative estimate of drug-likeness (QED) is 0.849. The van der Waals surface area contributed by atoms with E-state index in [1.54, 1.807) is 0 Å². The molecule has 19 heavy (non-hydrogen) atoms. The van der Waals surface area contributed by atoms with Crippen molar-refractivity contribution in [3.8, 4) is 0 Å². The summed E-state index contributed by atoms with van der Waals surface area (Å²) in [4.78, 5) is 5.38. The highest BCUT2D eigenvalue weighted by Crippen LogP contribution is 2.27. The molecule has 0 aliphatic carbocycles. The van der Waals surface area contributed by atoms with Gasteiger partial charge < -0.3 is 5.73 Å². The van der Waals surface area contributed by atoms with Crippen LogP contribution < -0.4 is 5.73 Å². The monoisotopic (exact) mass is 272 g/mol. The Morgan fingerprint density at radius 2 is 1.74 bits per heavy atom. The zero-order valence-electron chi connectivity index (χ0n) is 11.7. The Labute approximate surface area is 119 Å². The number of nitrogen functional groups attached to an aromatic ring is 1. The Morgan fingerprint density at radius 3 is 2.26 bits per heavy atom. The Hall–Kier alpha value is -1.48. The van der Waals surface area contributed by atoms with E-state index in [1.807, 2.05) is 30.1 Å². The largest absolute Gasteiger partial charge is 0.384 e. The van der Waals surface area contributed by atoms with Crippen LogP contribution >= 0.6 is 11.8 Å². The Morgan fingerprint density at radius 1 is 1.05 bits per heavy atom. The van der Waals surface area contributed by atoms with Crippen LogP contribution in [0.15, 0.2) is 47.5 Å². The fraction of sp³-hybridized carbons (Fsp3) is 0.312. The van der Waals surface area contributed by atoms with E-state index in [0.29, 0.717) is 5.82 Å². The van der Waals surface area contributed by atoms with Crippen molar-refractivity contribution >= 4 is 17.6 Å². The molecule has 2 rings (SSSR count). The van der Waals surface area contributed by atoms with Gasteiger partial charge in [-0.1, -0.05) is 39.0 Å². The third-order valence-electron chi connectivity index (χ3n) is 2.97. The topological polar surface area (TPSA) is 38.9 Å². The van der Waals surface area contributed by atoms with Gasteiger partial charge in [-0.15, -0.1) is 11.8 Å². The molecular weight excluding hydrogens is 252 g/mol. The van der Waals surface area contributed by atoms with Gasteiger partial charge in [-0.3, -0.25) is 0 Å². The molecule has 0 amide bonds. The van der Waals surface area contributed by atoms with Crippen LogP contribution in [0.1, 0.15) is 31.9 Å². The van der Waals surface area contributed by atoms with E-state index in [4.69, 9.17) is 5.73 Å². The second kappa shape index (κ2) is 5.66. The smallest absolute Gasteiger partial charge is 0.123 e. The van der Waals surface area contributed by atoms with Crippen molar-refractivity contribution in [1.29, 1.82) is 0 Å². The lowest BCUT2D eigenvalue weighted by atomic mass is 9.87. The fourth-order valence-corrected chi connectivity index (χ4v) is 2.57. The van der Waals surface area contributed by atoms with Crippen LogP contribution in [0.3, 0.4) is 0 Å². The fourth-order valence-electron chi connectivity index (χ4n) is 1.74. The van der Waals surface area contributed by atoms with E-state index in [1.165, 1.54) is 16.0 Å². The summed E-state index contributed by atoms with van der Waals surface area (Å²) in [5.74, 6) is 1.49. The molecule has 1 aromatic carbocycles. The zero-order chi connectivity index (χ0) is 13.9. The molecule has 0 radical (unpaired) electrons. The van der Waals surface area contributed by atoms with Gasteiger partial charge >= 0.3 is 0 Å². The normalized spacial score (nSPS) is 11.5. The van der Waals surface area contributed by atoms with Gasteiger partial charge in [-0.2, -0.15) is 0 Å². The van der Waals surface area contributed by atoms with E-state index in [0.717, 1.165) is 5.75 Å². The van der Waals surface area contributed by atoms with Crippen molar-refractivity contribution < 1.29 is 0 Å². The van der Waals surface area contributed by atoms with E-state index in [9.17, 15) is 0 Å². The van der Waals surface area contributed by atoms with Crippen molar-refractivity contribution in [2.45, 2.75) is 36.8 Å². The number of nitrogens with zero attached hydrogens (tertiary/aromatic N) is 1. The summed E-state index contributed by atoms with van der Waals surface area (Å²) in [7, 11) is 0. The van der Waals surface area contributed by atoms with Crippen LogP contribution in [-0.2, 0) is 11.2 Å². The first-order valence-corrected chi connectivity index (χ1v) is 7.37. The maximum Gasteiger partial charge on any atom is 0.123 e. The van der Waals surface area contributed by atoms with Crippen molar-refractivity contribution in [2.75, 3.05) is 5.73 Å². The molecule has 0 aliphatic rings. The molecule has 0 saturated heterocycles. The van der Waals surface area contributed by atoms with Crippen LogP contribution in [-0.4, -0.2) is 4.98 Å². The minimum Gasteiger partial charge on any atom is -0.384 e. The molecule has 2 aromatic rings. The molecule has 1 aromatic heterocycles. The molecule has 2 nitrogen and oxygen atoms in total. The second-order valence-corrected chi connectivity index (χ2v) is 6.70. The van der Waals surface area contributed by atoms with Crippen LogP contribution in [0.2, 0.25) is 0 Å². The molecule has 0 unspecified atom stereocenters. The third kappa shape index (κ3) is 4.00. The summed E-state index contributed by atoms with van der Waals surface area (Å²) in [5.41, 5.74) is 8.35. The number of hydrogen-bond donors (Lipinski definition) is 1. The standard InChI is InChI=1S/C16H20N2S/c1-16(2,3)13-5-7-14(8-6-13)19-11-12-4-9-15(17)18-10-12/h4-10H,11H2,1-3H3,(H2,17,18). The summed E-state index contributed by atoms with van der Waals surface area (Å²) in [5, 5.41) is 0. The van der Waals surface area contributed by atoms with E-state index >= 15 is 0 Å². The molecule has 3 heteroatoms. The molecule has 0 spiro atoms. The Bertz CT molecular complexity index is 524. The highest BCUT2D eigenvalue weighted by Gasteiger charge is 2.12. The number of nitrogens with two attached hydrogens (primary N) is 1. The van der Waals surface area contributed by atoms with Crippen LogP contribution in [0, 0.1) is 0 Å². The highest BCUT2D eigenvalue weighted by atomic mass is 32.2. The number of aromatic nitrogens is 1. The van der Waals surface area contributed by atoms with Crippen LogP contribution in [0.4, 0.5) is 5.82 Å². The zero-order valence-corrected chi connectivity index (χ0v) is 12.5. The molecule has 1 heterocycles. The third-order valence-corrected chi connectivity index (χ3v) is 4.06. The molecule has 0 bridgehead atoms. The Balaban J connectivity index is 1.98. The lowest BCUT2D eigenvalue weighted by Gasteiger charge is -2.19. The molecule has 0 fully saturated rings. The number of pyridine rings is 1. The average Bonchev–Trinajstić information content (AvgIpc) is 2.37. The second-order valence-electron chi connectivity index (χ2n) is 5.65. The van der Waals surface area contributed by atoms with E-state index in [-0.39, 0.29) is 5.41 Å². The first-order valence-electron chi connectivity index (χ1n) is 6.39. The lowest BCUT2D eigenvalue weighted by Crippen LogP contribution is -2.10. The molecule has 0 atom stereocenters. The van der Waals surface area contributed by atoms with E-state index in [2.05, 4.69) is 50.0 Å². The van der Waals surface area contributed by atoms with E-state index < -0.39 is 0 Å². The minimum atomic E-state index is 0.212. The van der Waals surface area contributed by atoms with Crippen molar-refractivity contribution in [3.05, 3.63) is 53.7 Å². The first-order chi connectivity index (χ1) is 8.95. The molecule has 0 aliphatic heterocycles. The number of thioether (sulfide) groups is 1. The van der Waals surface area contributed by atoms with Gasteiger partial charge in [0.2, 0.25) is 0 Å². The summed E-state index contributed by atoms with van der Waals surface area (Å²) >= 11 is 1.82. The van der Waals surface area contributed by atoms with Crippen molar-refractivity contribution in [1.82, 2.24) is 4.98 Å². The number of rotatable bonds is 3. The molecule has 100 valence electrons. The molecular formula is C16H20N2S. The van der Waals surface area contributed by atoms with Gasteiger partial charge in [0, 0.05) is 16.8 Å². The van der Waals surface area contributed by atoms with Gasteiger partial charge in [0.25, 0.3) is 0 Å².